The van der Waals surface area contributed by atoms with Crippen molar-refractivity contribution in [3.05, 3.63) is 0 Å². The SMILES string of the molecule is C[C@H](S)N1C(=O)C2(CC2)C1=O. The van der Waals surface area contributed by atoms with Gasteiger partial charge in [0.25, 0.3) is 0 Å². The molecule has 2 fully saturated rings. The molecule has 0 N–H and O–H groups in total. The summed E-state index contributed by atoms with van der Waals surface area (Å²) in [5, 5.41) is -0.263. The average molecular weight is 171 g/mol. The highest BCUT2D eigenvalue weighted by atomic mass is 32.1. The maximum atomic E-state index is 11.3. The Bertz CT molecular complexity index is 227. The minimum absolute atomic E-state index is 0.0231. The summed E-state index contributed by atoms with van der Waals surface area (Å²) in [5.74, 6) is -0.0463. The summed E-state index contributed by atoms with van der Waals surface area (Å²) in [7, 11) is 0. The highest BCUT2D eigenvalue weighted by molar-refractivity contribution is 7.80. The second-order valence-corrected chi connectivity index (χ2v) is 3.94. The number of nitrogens with zero attached hydrogens (tertiary/aromatic N) is 1. The fourth-order valence-corrected chi connectivity index (χ4v) is 1.69. The third-order valence-electron chi connectivity index (χ3n) is 2.38. The molecule has 0 bridgehead atoms. The molecular weight excluding hydrogens is 162 g/mol. The van der Waals surface area contributed by atoms with Crippen LogP contribution in [0.3, 0.4) is 0 Å². The standard InChI is InChI=1S/C7H9NO2S/c1-4(11)8-5(9)7(2-3-7)6(8)10/h4,11H,2-3H2,1H3/t4-/m0/s1. The molecule has 60 valence electrons. The normalized spacial score (nSPS) is 28.7. The number of hydrogen-bond donors (Lipinski definition) is 1. The van der Waals surface area contributed by atoms with E-state index >= 15 is 0 Å². The number of β-lactam (4-membered cyclic amide) rings is 2. The van der Waals surface area contributed by atoms with E-state index in [9.17, 15) is 9.59 Å². The van der Waals surface area contributed by atoms with Gasteiger partial charge in [0, 0.05) is 0 Å². The van der Waals surface area contributed by atoms with E-state index in [1.807, 2.05) is 0 Å². The molecule has 2 amide bonds. The number of hydrogen-bond acceptors (Lipinski definition) is 3. The van der Waals surface area contributed by atoms with Crippen LogP contribution in [-0.2, 0) is 9.59 Å². The molecule has 0 unspecified atom stereocenters. The van der Waals surface area contributed by atoms with Gasteiger partial charge in [-0.3, -0.25) is 14.5 Å². The molecule has 11 heavy (non-hydrogen) atoms. The van der Waals surface area contributed by atoms with E-state index in [1.54, 1.807) is 6.92 Å². The van der Waals surface area contributed by atoms with Gasteiger partial charge in [-0.1, -0.05) is 0 Å². The minimum Gasteiger partial charge on any atom is -0.273 e. The summed E-state index contributed by atoms with van der Waals surface area (Å²) in [6, 6.07) is 0. The van der Waals surface area contributed by atoms with Crippen molar-refractivity contribution in [1.82, 2.24) is 4.90 Å². The van der Waals surface area contributed by atoms with Gasteiger partial charge in [-0.2, -0.15) is 12.6 Å². The van der Waals surface area contributed by atoms with Crippen molar-refractivity contribution in [2.75, 3.05) is 0 Å². The topological polar surface area (TPSA) is 37.4 Å². The van der Waals surface area contributed by atoms with Gasteiger partial charge in [0.1, 0.15) is 5.41 Å². The molecule has 1 aliphatic carbocycles. The predicted molar refractivity (Wildman–Crippen MR) is 42.0 cm³/mol. The van der Waals surface area contributed by atoms with Crippen LogP contribution in [0.2, 0.25) is 0 Å². The van der Waals surface area contributed by atoms with Crippen LogP contribution >= 0.6 is 12.6 Å². The Morgan fingerprint density at radius 2 is 1.91 bits per heavy atom. The molecule has 2 rings (SSSR count). The van der Waals surface area contributed by atoms with Crippen molar-refractivity contribution in [3.63, 3.8) is 0 Å². The van der Waals surface area contributed by atoms with E-state index in [4.69, 9.17) is 0 Å². The summed E-state index contributed by atoms with van der Waals surface area (Å²) in [5.41, 5.74) is -0.559. The van der Waals surface area contributed by atoms with Crippen molar-refractivity contribution >= 4 is 24.4 Å². The molecule has 1 aliphatic heterocycles. The van der Waals surface area contributed by atoms with Crippen LogP contribution in [-0.4, -0.2) is 22.1 Å². The molecule has 1 atom stereocenters. The van der Waals surface area contributed by atoms with Crippen LogP contribution in [0.1, 0.15) is 19.8 Å². The van der Waals surface area contributed by atoms with E-state index in [-0.39, 0.29) is 17.2 Å². The Kier molecular flexibility index (Phi) is 1.17. The monoisotopic (exact) mass is 171 g/mol. The fraction of sp³-hybridized carbons (Fsp3) is 0.714. The maximum absolute atomic E-state index is 11.3. The summed E-state index contributed by atoms with van der Waals surface area (Å²) in [6.45, 7) is 1.73. The lowest BCUT2D eigenvalue weighted by Crippen LogP contribution is -2.61. The number of carbonyl (C=O) groups excluding carboxylic acids is 2. The Balaban J connectivity index is 2.19. The molecule has 0 aromatic rings. The van der Waals surface area contributed by atoms with Gasteiger partial charge in [-0.05, 0) is 19.8 Å². The van der Waals surface area contributed by atoms with E-state index in [0.717, 1.165) is 12.8 Å². The molecule has 0 radical (unpaired) electrons. The van der Waals surface area contributed by atoms with Crippen LogP contribution in [0.25, 0.3) is 0 Å². The Hall–Kier alpha value is -0.510. The first-order valence-electron chi connectivity index (χ1n) is 3.66. The molecule has 2 aliphatic rings. The van der Waals surface area contributed by atoms with Gasteiger partial charge in [0.05, 0.1) is 5.37 Å². The van der Waals surface area contributed by atoms with Crippen molar-refractivity contribution in [2.45, 2.75) is 25.1 Å². The second-order valence-electron chi connectivity index (χ2n) is 3.19. The largest absolute Gasteiger partial charge is 0.273 e. The molecule has 1 saturated carbocycles. The lowest BCUT2D eigenvalue weighted by atomic mass is 9.94. The summed E-state index contributed by atoms with van der Waals surface area (Å²) in [4.78, 5) is 23.7. The first-order chi connectivity index (χ1) is 5.09. The number of rotatable bonds is 1. The van der Waals surface area contributed by atoms with Gasteiger partial charge < -0.3 is 0 Å². The molecule has 0 aromatic carbocycles. The van der Waals surface area contributed by atoms with E-state index in [1.165, 1.54) is 4.90 Å². The van der Waals surface area contributed by atoms with Gasteiger partial charge in [0.2, 0.25) is 11.8 Å². The van der Waals surface area contributed by atoms with Crippen molar-refractivity contribution in [3.8, 4) is 0 Å². The van der Waals surface area contributed by atoms with Gasteiger partial charge >= 0.3 is 0 Å². The highest BCUT2D eigenvalue weighted by Gasteiger charge is 2.69. The molecule has 3 nitrogen and oxygen atoms in total. The summed E-state index contributed by atoms with van der Waals surface area (Å²) < 4.78 is 0. The maximum Gasteiger partial charge on any atom is 0.245 e. The van der Waals surface area contributed by atoms with Crippen molar-refractivity contribution < 1.29 is 9.59 Å². The van der Waals surface area contributed by atoms with Gasteiger partial charge in [-0.15, -0.1) is 0 Å². The number of carbonyl (C=O) groups is 2. The molecule has 0 aromatic heterocycles. The highest BCUT2D eigenvalue weighted by Crippen LogP contribution is 2.55. The molecule has 1 heterocycles. The van der Waals surface area contributed by atoms with E-state index in [2.05, 4.69) is 12.6 Å². The van der Waals surface area contributed by atoms with Gasteiger partial charge in [0.15, 0.2) is 0 Å². The lowest BCUT2D eigenvalue weighted by molar-refractivity contribution is -0.168. The van der Waals surface area contributed by atoms with Crippen LogP contribution < -0.4 is 0 Å². The Morgan fingerprint density at radius 1 is 1.45 bits per heavy atom. The third kappa shape index (κ3) is 0.656. The zero-order valence-corrected chi connectivity index (χ0v) is 7.10. The summed E-state index contributed by atoms with van der Waals surface area (Å²) in [6.07, 6.45) is 1.50. The smallest absolute Gasteiger partial charge is 0.245 e. The van der Waals surface area contributed by atoms with Crippen molar-refractivity contribution in [2.24, 2.45) is 5.41 Å². The first-order valence-corrected chi connectivity index (χ1v) is 4.17. The van der Waals surface area contributed by atoms with Crippen LogP contribution in [0, 0.1) is 5.41 Å². The predicted octanol–water partition coefficient (Wildman–Crippen LogP) is 0.411. The number of thiol groups is 1. The fourth-order valence-electron chi connectivity index (χ4n) is 1.48. The molecule has 1 saturated heterocycles. The minimum atomic E-state index is -0.559. The zero-order chi connectivity index (χ0) is 8.22. The number of amides is 2. The number of likely N-dealkylation sites (tertiary alicyclic amines) is 1. The summed E-state index contributed by atoms with van der Waals surface area (Å²) >= 11 is 4.03. The first kappa shape index (κ1) is 7.16. The Labute approximate surface area is 70.2 Å². The van der Waals surface area contributed by atoms with E-state index in [0.29, 0.717) is 0 Å². The molecular formula is C7H9NO2S. The number of imide groups is 1. The quantitative estimate of drug-likeness (QED) is 0.352. The zero-order valence-electron chi connectivity index (χ0n) is 6.20. The molecule has 4 heteroatoms. The van der Waals surface area contributed by atoms with Gasteiger partial charge in [-0.25, -0.2) is 0 Å². The third-order valence-corrected chi connectivity index (χ3v) is 2.61. The second kappa shape index (κ2) is 1.80. The van der Waals surface area contributed by atoms with Crippen LogP contribution in [0.4, 0.5) is 0 Å². The van der Waals surface area contributed by atoms with Crippen LogP contribution in [0.5, 0.6) is 0 Å². The lowest BCUT2D eigenvalue weighted by Gasteiger charge is -2.38. The van der Waals surface area contributed by atoms with Crippen LogP contribution in [0.15, 0.2) is 0 Å². The van der Waals surface area contributed by atoms with E-state index < -0.39 is 5.41 Å². The average Bonchev–Trinajstić information content (AvgIpc) is 2.66. The van der Waals surface area contributed by atoms with Crippen molar-refractivity contribution in [1.29, 1.82) is 0 Å². The Morgan fingerprint density at radius 3 is 2.18 bits per heavy atom. The molecule has 1 spiro atoms.